The van der Waals surface area contributed by atoms with Crippen molar-refractivity contribution in [2.24, 2.45) is 0 Å². The second-order valence-corrected chi connectivity index (χ2v) is 24.6. The van der Waals surface area contributed by atoms with E-state index >= 15 is 0 Å². The summed E-state index contributed by atoms with van der Waals surface area (Å²) in [5.41, 5.74) is 0. The molecule has 0 aliphatic rings. The predicted molar refractivity (Wildman–Crippen MR) is 347 cm³/mol. The number of rotatable bonds is 67. The molecule has 2 atom stereocenters. The molecular formula is C73H139NO5. The number of carbonyl (C=O) groups is 2. The van der Waals surface area contributed by atoms with Crippen LogP contribution in [0.15, 0.2) is 36.5 Å². The third kappa shape index (κ3) is 65.1. The molecule has 3 N–H and O–H groups in total. The highest BCUT2D eigenvalue weighted by atomic mass is 16.5. The molecule has 0 aliphatic carbocycles. The zero-order valence-electron chi connectivity index (χ0n) is 53.4. The van der Waals surface area contributed by atoms with Crippen LogP contribution in [0.1, 0.15) is 393 Å². The van der Waals surface area contributed by atoms with Crippen molar-refractivity contribution in [1.82, 2.24) is 5.32 Å². The van der Waals surface area contributed by atoms with Crippen molar-refractivity contribution in [2.75, 3.05) is 13.2 Å². The third-order valence-electron chi connectivity index (χ3n) is 16.7. The van der Waals surface area contributed by atoms with Gasteiger partial charge in [-0.2, -0.15) is 0 Å². The van der Waals surface area contributed by atoms with Gasteiger partial charge in [-0.15, -0.1) is 0 Å². The van der Waals surface area contributed by atoms with Gasteiger partial charge in [0, 0.05) is 12.8 Å². The highest BCUT2D eigenvalue weighted by molar-refractivity contribution is 5.76. The Labute approximate surface area is 494 Å². The zero-order chi connectivity index (χ0) is 57.1. The first-order valence-corrected chi connectivity index (χ1v) is 35.8. The summed E-state index contributed by atoms with van der Waals surface area (Å²) < 4.78 is 5.49. The highest BCUT2D eigenvalue weighted by Crippen LogP contribution is 2.19. The normalized spacial score (nSPS) is 12.7. The number of carbonyl (C=O) groups excluding carboxylic acids is 2. The average molecular weight is 1110 g/mol. The van der Waals surface area contributed by atoms with Crippen LogP contribution in [0.25, 0.3) is 0 Å². The number of amides is 1. The summed E-state index contributed by atoms with van der Waals surface area (Å²) in [4.78, 5) is 24.6. The third-order valence-corrected chi connectivity index (χ3v) is 16.7. The molecule has 2 unspecified atom stereocenters. The number of hydrogen-bond acceptors (Lipinski definition) is 5. The maximum atomic E-state index is 12.5. The van der Waals surface area contributed by atoms with Crippen molar-refractivity contribution >= 4 is 11.9 Å². The number of aliphatic hydroxyl groups is 2. The number of ether oxygens (including phenoxy) is 1. The van der Waals surface area contributed by atoms with Crippen molar-refractivity contribution in [3.8, 4) is 0 Å². The molecule has 0 aliphatic heterocycles. The Morgan fingerprint density at radius 1 is 0.354 bits per heavy atom. The van der Waals surface area contributed by atoms with E-state index in [1.165, 1.54) is 315 Å². The molecule has 0 bridgehead atoms. The number of aliphatic hydroxyl groups excluding tert-OH is 2. The second kappa shape index (κ2) is 68.6. The van der Waals surface area contributed by atoms with E-state index in [2.05, 4.69) is 43.5 Å². The van der Waals surface area contributed by atoms with Gasteiger partial charge in [-0.1, -0.05) is 352 Å². The van der Waals surface area contributed by atoms with Crippen LogP contribution in [0.4, 0.5) is 0 Å². The second-order valence-electron chi connectivity index (χ2n) is 24.6. The Morgan fingerprint density at radius 2 is 0.633 bits per heavy atom. The van der Waals surface area contributed by atoms with Gasteiger partial charge < -0.3 is 20.3 Å². The van der Waals surface area contributed by atoms with Crippen molar-refractivity contribution in [1.29, 1.82) is 0 Å². The number of allylic oxidation sites excluding steroid dienone is 5. The van der Waals surface area contributed by atoms with E-state index in [1.54, 1.807) is 6.08 Å². The van der Waals surface area contributed by atoms with Gasteiger partial charge in [0.15, 0.2) is 0 Å². The predicted octanol–water partition coefficient (Wildman–Crippen LogP) is 23.1. The largest absolute Gasteiger partial charge is 0.466 e. The van der Waals surface area contributed by atoms with Crippen molar-refractivity contribution in [3.63, 3.8) is 0 Å². The number of esters is 1. The van der Waals surface area contributed by atoms with Crippen LogP contribution in [-0.4, -0.2) is 47.4 Å². The number of hydrogen-bond donors (Lipinski definition) is 3. The molecule has 0 saturated heterocycles. The van der Waals surface area contributed by atoms with Gasteiger partial charge in [0.25, 0.3) is 0 Å². The van der Waals surface area contributed by atoms with Crippen LogP contribution in [0.2, 0.25) is 0 Å². The highest BCUT2D eigenvalue weighted by Gasteiger charge is 2.18. The van der Waals surface area contributed by atoms with Crippen LogP contribution >= 0.6 is 0 Å². The van der Waals surface area contributed by atoms with E-state index in [-0.39, 0.29) is 18.5 Å². The molecule has 6 heteroatoms. The van der Waals surface area contributed by atoms with E-state index in [0.29, 0.717) is 19.4 Å². The van der Waals surface area contributed by atoms with Crippen molar-refractivity contribution < 1.29 is 24.5 Å². The van der Waals surface area contributed by atoms with E-state index in [9.17, 15) is 19.8 Å². The standard InChI is InChI=1S/C73H139NO5/c1-3-5-7-9-11-13-15-17-19-21-22-23-25-28-31-34-37-41-45-49-53-57-61-65-71(76)70(69-75)74-72(77)66-62-58-54-50-46-42-38-35-32-29-26-24-27-30-33-36-40-44-48-52-56-60-64-68-79-73(78)67-63-59-55-51-47-43-39-20-18-16-14-12-10-8-6-4-2/h14,16,20,39,61,65,70-71,75-76H,3-13,15,17-19,21-38,40-60,62-64,66-69H2,1-2H3,(H,74,77)/b16-14-,39-20-,65-61+. The average Bonchev–Trinajstić information content (AvgIpc) is 3.45. The summed E-state index contributed by atoms with van der Waals surface area (Å²) >= 11 is 0. The Kier molecular flexibility index (Phi) is 66.9. The monoisotopic (exact) mass is 1110 g/mol. The van der Waals surface area contributed by atoms with Gasteiger partial charge in [0.05, 0.1) is 25.4 Å². The molecule has 79 heavy (non-hydrogen) atoms. The first-order valence-electron chi connectivity index (χ1n) is 35.8. The molecule has 0 aromatic rings. The lowest BCUT2D eigenvalue weighted by Crippen LogP contribution is -2.45. The molecule has 0 radical (unpaired) electrons. The molecule has 6 nitrogen and oxygen atoms in total. The smallest absolute Gasteiger partial charge is 0.305 e. The molecule has 0 saturated carbocycles. The van der Waals surface area contributed by atoms with Crippen LogP contribution in [0, 0.1) is 0 Å². The fourth-order valence-corrected chi connectivity index (χ4v) is 11.2. The lowest BCUT2D eigenvalue weighted by Gasteiger charge is -2.20. The van der Waals surface area contributed by atoms with Gasteiger partial charge in [-0.3, -0.25) is 9.59 Å². The summed E-state index contributed by atoms with van der Waals surface area (Å²) in [6.45, 7) is 4.92. The molecule has 0 spiro atoms. The number of nitrogens with one attached hydrogen (secondary N) is 1. The summed E-state index contributed by atoms with van der Waals surface area (Å²) in [6.07, 6.45) is 87.9. The number of unbranched alkanes of at least 4 members (excludes halogenated alkanes) is 52. The van der Waals surface area contributed by atoms with Crippen molar-refractivity contribution in [2.45, 2.75) is 405 Å². The van der Waals surface area contributed by atoms with E-state index in [4.69, 9.17) is 4.74 Å². The maximum absolute atomic E-state index is 12.5. The van der Waals surface area contributed by atoms with Crippen LogP contribution in [-0.2, 0) is 14.3 Å². The quantitative estimate of drug-likeness (QED) is 0.0320. The van der Waals surface area contributed by atoms with Crippen LogP contribution < -0.4 is 5.32 Å². The van der Waals surface area contributed by atoms with Gasteiger partial charge in [0.2, 0.25) is 5.91 Å². The SMILES string of the molecule is CCCCCC/C=C\C/C=C\CCCCCCCC(=O)OCCCCCCCCCCCCCCCCCCCCCCCCCC(=O)NC(CO)C(O)/C=C/CCCCCCCCCCCCCCCCCCCCCCC. The molecule has 0 fully saturated rings. The molecule has 0 aromatic carbocycles. The van der Waals surface area contributed by atoms with Gasteiger partial charge in [0.1, 0.15) is 0 Å². The summed E-state index contributed by atoms with van der Waals surface area (Å²) in [5, 5.41) is 23.3. The van der Waals surface area contributed by atoms with E-state index in [1.807, 2.05) is 6.08 Å². The molecule has 0 rings (SSSR count). The lowest BCUT2D eigenvalue weighted by atomic mass is 10.0. The Morgan fingerprint density at radius 3 is 0.975 bits per heavy atom. The van der Waals surface area contributed by atoms with Gasteiger partial charge >= 0.3 is 5.97 Å². The van der Waals surface area contributed by atoms with Crippen LogP contribution in [0.3, 0.4) is 0 Å². The maximum Gasteiger partial charge on any atom is 0.305 e. The fourth-order valence-electron chi connectivity index (χ4n) is 11.2. The van der Waals surface area contributed by atoms with E-state index in [0.717, 1.165) is 51.4 Å². The topological polar surface area (TPSA) is 95.9 Å². The minimum absolute atomic E-state index is 0.00105. The molecule has 0 aromatic heterocycles. The first-order chi connectivity index (χ1) is 39.0. The minimum Gasteiger partial charge on any atom is -0.466 e. The zero-order valence-corrected chi connectivity index (χ0v) is 53.4. The minimum atomic E-state index is -0.846. The lowest BCUT2D eigenvalue weighted by molar-refractivity contribution is -0.143. The Hall–Kier alpha value is -1.92. The summed E-state index contributed by atoms with van der Waals surface area (Å²) in [6, 6.07) is -0.629. The van der Waals surface area contributed by atoms with Crippen LogP contribution in [0.5, 0.6) is 0 Å². The molecule has 1 amide bonds. The molecule has 466 valence electrons. The first kappa shape index (κ1) is 77.1. The summed E-state index contributed by atoms with van der Waals surface area (Å²) in [7, 11) is 0. The Bertz CT molecular complexity index is 1280. The Balaban J connectivity index is 3.41. The molecular weight excluding hydrogens is 971 g/mol. The molecule has 0 heterocycles. The van der Waals surface area contributed by atoms with E-state index < -0.39 is 12.1 Å². The van der Waals surface area contributed by atoms with Gasteiger partial charge in [-0.25, -0.2) is 0 Å². The van der Waals surface area contributed by atoms with Crippen molar-refractivity contribution in [3.05, 3.63) is 36.5 Å². The fraction of sp³-hybridized carbons (Fsp3) is 0.890. The van der Waals surface area contributed by atoms with Gasteiger partial charge in [-0.05, 0) is 64.2 Å². The summed E-state index contributed by atoms with van der Waals surface area (Å²) in [5.74, 6) is -0.0626.